The molecular formula is C16H22N6O. The average Bonchev–Trinajstić information content (AvgIpc) is 2.62. The van der Waals surface area contributed by atoms with Crippen LogP contribution in [-0.4, -0.2) is 59.2 Å². The summed E-state index contributed by atoms with van der Waals surface area (Å²) in [6.07, 6.45) is 6.19. The first-order valence-corrected chi connectivity index (χ1v) is 7.90. The Balaban J connectivity index is 1.55. The molecule has 7 heteroatoms. The van der Waals surface area contributed by atoms with Gasteiger partial charge in [0.25, 0.3) is 0 Å². The third-order valence-electron chi connectivity index (χ3n) is 3.82. The molecule has 0 spiro atoms. The van der Waals surface area contributed by atoms with Gasteiger partial charge in [-0.15, -0.1) is 0 Å². The van der Waals surface area contributed by atoms with Crippen molar-refractivity contribution in [3.05, 3.63) is 30.7 Å². The van der Waals surface area contributed by atoms with Crippen molar-refractivity contribution in [2.24, 2.45) is 0 Å². The first kappa shape index (κ1) is 15.6. The highest BCUT2D eigenvalue weighted by Crippen LogP contribution is 2.20. The number of nitrogens with two attached hydrogens (primary N) is 1. The van der Waals surface area contributed by atoms with Gasteiger partial charge in [0, 0.05) is 37.6 Å². The molecule has 2 aromatic heterocycles. The molecule has 7 nitrogen and oxygen atoms in total. The van der Waals surface area contributed by atoms with Crippen LogP contribution >= 0.6 is 0 Å². The van der Waals surface area contributed by atoms with E-state index < -0.39 is 0 Å². The van der Waals surface area contributed by atoms with Crippen LogP contribution in [0.4, 0.5) is 11.6 Å². The van der Waals surface area contributed by atoms with Gasteiger partial charge in [-0.2, -0.15) is 0 Å². The van der Waals surface area contributed by atoms with Crippen LogP contribution in [0.25, 0.3) is 11.3 Å². The molecule has 0 saturated carbocycles. The van der Waals surface area contributed by atoms with E-state index >= 15 is 0 Å². The number of anilines is 2. The molecule has 1 saturated heterocycles. The fraction of sp³-hybridized carbons (Fsp3) is 0.438. The second kappa shape index (κ2) is 7.85. The van der Waals surface area contributed by atoms with E-state index in [2.05, 4.69) is 25.2 Å². The van der Waals surface area contributed by atoms with E-state index in [1.807, 2.05) is 12.1 Å². The second-order valence-corrected chi connectivity index (χ2v) is 5.46. The predicted molar refractivity (Wildman–Crippen MR) is 90.0 cm³/mol. The zero-order valence-corrected chi connectivity index (χ0v) is 13.1. The molecule has 23 heavy (non-hydrogen) atoms. The minimum Gasteiger partial charge on any atom is -0.381 e. The van der Waals surface area contributed by atoms with Crippen molar-refractivity contribution in [2.45, 2.75) is 6.42 Å². The molecule has 0 bridgehead atoms. The van der Waals surface area contributed by atoms with Gasteiger partial charge in [0.05, 0.1) is 25.1 Å². The number of ether oxygens (including phenoxy) is 1. The lowest BCUT2D eigenvalue weighted by Crippen LogP contribution is -2.37. The quantitative estimate of drug-likeness (QED) is 0.776. The van der Waals surface area contributed by atoms with Gasteiger partial charge in [-0.3, -0.25) is 9.88 Å². The summed E-state index contributed by atoms with van der Waals surface area (Å²) in [7, 11) is 0. The summed E-state index contributed by atoms with van der Waals surface area (Å²) < 4.78 is 5.35. The number of aromatic nitrogens is 3. The van der Waals surface area contributed by atoms with E-state index in [9.17, 15) is 0 Å². The molecule has 1 aliphatic rings. The van der Waals surface area contributed by atoms with E-state index in [0.717, 1.165) is 57.1 Å². The van der Waals surface area contributed by atoms with Gasteiger partial charge in [0.15, 0.2) is 11.6 Å². The van der Waals surface area contributed by atoms with Crippen LogP contribution in [0, 0.1) is 0 Å². The van der Waals surface area contributed by atoms with Crippen LogP contribution in [0.2, 0.25) is 0 Å². The lowest BCUT2D eigenvalue weighted by Gasteiger charge is -2.26. The Morgan fingerprint density at radius 2 is 2.00 bits per heavy atom. The molecule has 0 amide bonds. The Hall–Kier alpha value is -2.25. The second-order valence-electron chi connectivity index (χ2n) is 5.46. The van der Waals surface area contributed by atoms with Gasteiger partial charge < -0.3 is 15.8 Å². The van der Waals surface area contributed by atoms with Gasteiger partial charge >= 0.3 is 0 Å². The summed E-state index contributed by atoms with van der Waals surface area (Å²) in [6.45, 7) is 5.56. The van der Waals surface area contributed by atoms with Crippen LogP contribution in [0.5, 0.6) is 0 Å². The Morgan fingerprint density at radius 3 is 2.78 bits per heavy atom. The largest absolute Gasteiger partial charge is 0.381 e. The van der Waals surface area contributed by atoms with Crippen molar-refractivity contribution in [1.82, 2.24) is 19.9 Å². The molecule has 122 valence electrons. The Labute approximate surface area is 135 Å². The maximum Gasteiger partial charge on any atom is 0.169 e. The third-order valence-corrected chi connectivity index (χ3v) is 3.82. The number of hydrogen-bond acceptors (Lipinski definition) is 7. The van der Waals surface area contributed by atoms with Crippen molar-refractivity contribution in [3.8, 4) is 11.3 Å². The monoisotopic (exact) mass is 314 g/mol. The first-order valence-electron chi connectivity index (χ1n) is 7.90. The molecule has 3 heterocycles. The number of nitrogens with zero attached hydrogens (tertiary/aromatic N) is 4. The molecule has 1 aliphatic heterocycles. The van der Waals surface area contributed by atoms with Gasteiger partial charge in [0.2, 0.25) is 0 Å². The highest BCUT2D eigenvalue weighted by Gasteiger charge is 2.10. The van der Waals surface area contributed by atoms with Gasteiger partial charge in [-0.05, 0) is 25.1 Å². The van der Waals surface area contributed by atoms with Crippen LogP contribution < -0.4 is 11.1 Å². The van der Waals surface area contributed by atoms with Crippen molar-refractivity contribution in [1.29, 1.82) is 0 Å². The molecule has 0 aromatic carbocycles. The molecule has 0 radical (unpaired) electrons. The number of morpholine rings is 1. The fourth-order valence-electron chi connectivity index (χ4n) is 2.52. The van der Waals surface area contributed by atoms with Gasteiger partial charge in [0.1, 0.15) is 0 Å². The minimum atomic E-state index is 0.425. The molecule has 3 rings (SSSR count). The predicted octanol–water partition coefficient (Wildman–Crippen LogP) is 1.25. The SMILES string of the molecule is Nc1ncc(-c2ccncc2)nc1NCCCN1CCOCC1. The van der Waals surface area contributed by atoms with Crippen molar-refractivity contribution in [3.63, 3.8) is 0 Å². The van der Waals surface area contributed by atoms with E-state index in [1.54, 1.807) is 18.6 Å². The first-order chi connectivity index (χ1) is 11.3. The molecule has 0 atom stereocenters. The van der Waals surface area contributed by atoms with Crippen LogP contribution in [0.3, 0.4) is 0 Å². The highest BCUT2D eigenvalue weighted by molar-refractivity contribution is 5.64. The van der Waals surface area contributed by atoms with E-state index in [0.29, 0.717) is 11.6 Å². The summed E-state index contributed by atoms with van der Waals surface area (Å²) in [6, 6.07) is 3.81. The summed E-state index contributed by atoms with van der Waals surface area (Å²) in [5, 5.41) is 3.29. The van der Waals surface area contributed by atoms with Crippen LogP contribution in [0.1, 0.15) is 6.42 Å². The summed E-state index contributed by atoms with van der Waals surface area (Å²) >= 11 is 0. The normalized spacial score (nSPS) is 15.5. The van der Waals surface area contributed by atoms with E-state index in [1.165, 1.54) is 0 Å². The van der Waals surface area contributed by atoms with Crippen LogP contribution in [-0.2, 0) is 4.74 Å². The standard InChI is InChI=1S/C16H22N6O/c17-15-16(19-4-1-7-22-8-10-23-11-9-22)21-14(12-20-15)13-2-5-18-6-3-13/h2-3,5-6,12H,1,4,7-11H2,(H2,17,20)(H,19,21). The summed E-state index contributed by atoms with van der Waals surface area (Å²) in [4.78, 5) is 15.2. The average molecular weight is 314 g/mol. The molecular weight excluding hydrogens is 292 g/mol. The lowest BCUT2D eigenvalue weighted by atomic mass is 10.2. The molecule has 1 fully saturated rings. The zero-order valence-electron chi connectivity index (χ0n) is 13.1. The summed E-state index contributed by atoms with van der Waals surface area (Å²) in [5.41, 5.74) is 7.68. The smallest absolute Gasteiger partial charge is 0.169 e. The minimum absolute atomic E-state index is 0.425. The van der Waals surface area contributed by atoms with Gasteiger partial charge in [-0.1, -0.05) is 0 Å². The van der Waals surface area contributed by atoms with Crippen molar-refractivity contribution >= 4 is 11.6 Å². The molecule has 0 aliphatic carbocycles. The molecule has 0 unspecified atom stereocenters. The zero-order chi connectivity index (χ0) is 15.9. The third kappa shape index (κ3) is 4.37. The molecule has 2 aromatic rings. The summed E-state index contributed by atoms with van der Waals surface area (Å²) in [5.74, 6) is 1.07. The maximum atomic E-state index is 5.92. The van der Waals surface area contributed by atoms with Crippen LogP contribution in [0.15, 0.2) is 30.7 Å². The lowest BCUT2D eigenvalue weighted by molar-refractivity contribution is 0.0378. The van der Waals surface area contributed by atoms with Gasteiger partial charge in [-0.25, -0.2) is 9.97 Å². The topological polar surface area (TPSA) is 89.2 Å². The number of rotatable bonds is 6. The molecule has 3 N–H and O–H groups in total. The van der Waals surface area contributed by atoms with E-state index in [-0.39, 0.29) is 0 Å². The number of nitrogen functional groups attached to an aromatic ring is 1. The Bertz CT molecular complexity index is 615. The Morgan fingerprint density at radius 1 is 1.22 bits per heavy atom. The maximum absolute atomic E-state index is 5.92. The number of hydrogen-bond donors (Lipinski definition) is 2. The Kier molecular flexibility index (Phi) is 5.33. The van der Waals surface area contributed by atoms with E-state index in [4.69, 9.17) is 10.5 Å². The number of pyridine rings is 1. The van der Waals surface area contributed by atoms with Crippen molar-refractivity contribution in [2.75, 3.05) is 50.4 Å². The van der Waals surface area contributed by atoms with Crippen molar-refractivity contribution < 1.29 is 4.74 Å². The highest BCUT2D eigenvalue weighted by atomic mass is 16.5. The fourth-order valence-corrected chi connectivity index (χ4v) is 2.52. The number of nitrogens with one attached hydrogen (secondary N) is 1.